The van der Waals surface area contributed by atoms with Gasteiger partial charge in [0.2, 0.25) is 0 Å². The quantitative estimate of drug-likeness (QED) is 0.492. The summed E-state index contributed by atoms with van der Waals surface area (Å²) in [5, 5.41) is 31.9. The van der Waals surface area contributed by atoms with E-state index >= 15 is 0 Å². The number of aliphatic carboxylic acids is 1. The minimum absolute atomic E-state index is 0.0809. The number of allylic oxidation sites excluding steroid dienone is 4. The molecular weight excluding hydrogens is 360 g/mol. The van der Waals surface area contributed by atoms with Gasteiger partial charge in [-0.2, -0.15) is 0 Å². The summed E-state index contributed by atoms with van der Waals surface area (Å²) in [5.74, 6) is -2.53. The molecule has 8 atom stereocenters. The number of hydrogen-bond acceptors (Lipinski definition) is 5. The van der Waals surface area contributed by atoms with Gasteiger partial charge < -0.3 is 20.1 Å². The van der Waals surface area contributed by atoms with Crippen LogP contribution in [0.4, 0.5) is 0 Å². The van der Waals surface area contributed by atoms with Gasteiger partial charge in [-0.15, -0.1) is 0 Å². The van der Waals surface area contributed by atoms with E-state index in [9.17, 15) is 29.7 Å². The zero-order chi connectivity index (χ0) is 20.6. The van der Waals surface area contributed by atoms with E-state index in [1.54, 1.807) is 13.0 Å². The van der Waals surface area contributed by atoms with Gasteiger partial charge >= 0.3 is 5.97 Å². The van der Waals surface area contributed by atoms with Crippen LogP contribution in [-0.2, 0) is 14.4 Å². The molecule has 0 spiro atoms. The second-order valence-electron chi connectivity index (χ2n) is 9.78. The first-order chi connectivity index (χ1) is 13.0. The number of aldehydes is 1. The molecule has 28 heavy (non-hydrogen) atoms. The minimum atomic E-state index is -1.85. The highest BCUT2D eigenvalue weighted by Gasteiger charge is 2.68. The Bertz CT molecular complexity index is 827. The lowest BCUT2D eigenvalue weighted by Gasteiger charge is -2.59. The van der Waals surface area contributed by atoms with Crippen molar-refractivity contribution >= 4 is 18.0 Å². The summed E-state index contributed by atoms with van der Waals surface area (Å²) in [6.45, 7) is 5.74. The number of carboxylic acid groups (broad SMARTS) is 1. The summed E-state index contributed by atoms with van der Waals surface area (Å²) < 4.78 is 0. The number of hydrogen-bond donors (Lipinski definition) is 3. The monoisotopic (exact) mass is 388 g/mol. The maximum absolute atomic E-state index is 12.3. The van der Waals surface area contributed by atoms with Crippen molar-refractivity contribution < 1.29 is 29.7 Å². The second kappa shape index (κ2) is 5.86. The van der Waals surface area contributed by atoms with Crippen molar-refractivity contribution in [1.29, 1.82) is 0 Å². The van der Waals surface area contributed by atoms with Crippen LogP contribution in [0.25, 0.3) is 0 Å². The van der Waals surface area contributed by atoms with E-state index < -0.39 is 34.4 Å². The molecule has 0 aromatic rings. The van der Waals surface area contributed by atoms with Crippen molar-refractivity contribution in [1.82, 2.24) is 0 Å². The minimum Gasteiger partial charge on any atom is -0.479 e. The van der Waals surface area contributed by atoms with E-state index in [1.807, 2.05) is 13.8 Å². The Morgan fingerprint density at radius 3 is 2.57 bits per heavy atom. The number of carboxylic acids is 1. The van der Waals surface area contributed by atoms with Gasteiger partial charge in [-0.1, -0.05) is 25.5 Å². The van der Waals surface area contributed by atoms with Crippen molar-refractivity contribution in [3.05, 3.63) is 23.3 Å². The zero-order valence-corrected chi connectivity index (χ0v) is 16.5. The molecule has 0 saturated heterocycles. The molecule has 4 rings (SSSR count). The van der Waals surface area contributed by atoms with Crippen LogP contribution >= 0.6 is 0 Å². The number of aliphatic hydroxyl groups is 2. The van der Waals surface area contributed by atoms with Gasteiger partial charge in [-0.05, 0) is 61.5 Å². The standard InChI is InChI=1S/C22H28O6/c1-11-6-13-14-4-5-22(28,19(26)27)21(14,3)9-17(25)18(13)20(2)8-12(10-23)16(24)7-15(11)20/h6-7,10,12-14,17-18,25,28H,4-5,8-9H2,1-3H3,(H,26,27)/t12?,13-,14-,17-,18?,20-,21-,22-/m0/s1. The lowest BCUT2D eigenvalue weighted by molar-refractivity contribution is -0.189. The van der Waals surface area contributed by atoms with Gasteiger partial charge in [0.05, 0.1) is 12.0 Å². The van der Waals surface area contributed by atoms with Crippen LogP contribution < -0.4 is 0 Å². The Balaban J connectivity index is 1.85. The summed E-state index contributed by atoms with van der Waals surface area (Å²) in [5.41, 5.74) is -1.48. The maximum atomic E-state index is 12.3. The molecular formula is C22H28O6. The Hall–Kier alpha value is -1.79. The number of fused-ring (bicyclic) bond motifs is 5. The Labute approximate surface area is 164 Å². The Morgan fingerprint density at radius 2 is 1.96 bits per heavy atom. The van der Waals surface area contributed by atoms with E-state index in [0.29, 0.717) is 19.1 Å². The molecule has 4 aliphatic rings. The number of rotatable bonds is 2. The summed E-state index contributed by atoms with van der Waals surface area (Å²) in [6.07, 6.45) is 4.78. The molecule has 0 heterocycles. The zero-order valence-electron chi connectivity index (χ0n) is 16.5. The molecule has 0 amide bonds. The summed E-state index contributed by atoms with van der Waals surface area (Å²) >= 11 is 0. The van der Waals surface area contributed by atoms with Crippen molar-refractivity contribution in [2.45, 2.75) is 58.2 Å². The van der Waals surface area contributed by atoms with Crippen LogP contribution in [0.2, 0.25) is 0 Å². The Morgan fingerprint density at radius 1 is 1.29 bits per heavy atom. The molecule has 0 aliphatic heterocycles. The molecule has 2 fully saturated rings. The van der Waals surface area contributed by atoms with Crippen LogP contribution in [0, 0.1) is 34.5 Å². The molecule has 6 nitrogen and oxygen atoms in total. The fourth-order valence-corrected chi connectivity index (χ4v) is 7.16. The number of carbonyl (C=O) groups is 3. The smallest absolute Gasteiger partial charge is 0.336 e. The molecule has 152 valence electrons. The van der Waals surface area contributed by atoms with Gasteiger partial charge in [0, 0.05) is 11.3 Å². The largest absolute Gasteiger partial charge is 0.479 e. The molecule has 2 unspecified atom stereocenters. The number of aliphatic hydroxyl groups excluding tert-OH is 1. The molecule has 0 bridgehead atoms. The van der Waals surface area contributed by atoms with Crippen molar-refractivity contribution in [2.75, 3.05) is 0 Å². The molecule has 4 aliphatic carbocycles. The van der Waals surface area contributed by atoms with Gasteiger partial charge in [0.15, 0.2) is 11.4 Å². The Kier molecular flexibility index (Phi) is 4.09. The van der Waals surface area contributed by atoms with Crippen molar-refractivity contribution in [3.8, 4) is 0 Å². The van der Waals surface area contributed by atoms with Crippen LogP contribution in [-0.4, -0.2) is 45.1 Å². The van der Waals surface area contributed by atoms with E-state index in [-0.39, 0.29) is 36.4 Å². The fourth-order valence-electron chi connectivity index (χ4n) is 7.16. The normalized spacial score (nSPS) is 50.0. The molecule has 2 saturated carbocycles. The lowest BCUT2D eigenvalue weighted by Crippen LogP contribution is -2.61. The van der Waals surface area contributed by atoms with Crippen LogP contribution in [0.1, 0.15) is 46.5 Å². The highest BCUT2D eigenvalue weighted by molar-refractivity contribution is 6.03. The van der Waals surface area contributed by atoms with Gasteiger partial charge in [0.25, 0.3) is 0 Å². The average molecular weight is 388 g/mol. The highest BCUT2D eigenvalue weighted by atomic mass is 16.4. The van der Waals surface area contributed by atoms with E-state index in [2.05, 4.69) is 6.08 Å². The molecule has 0 aromatic heterocycles. The summed E-state index contributed by atoms with van der Waals surface area (Å²) in [7, 11) is 0. The van der Waals surface area contributed by atoms with Crippen molar-refractivity contribution in [3.63, 3.8) is 0 Å². The number of ketones is 1. The van der Waals surface area contributed by atoms with E-state index in [4.69, 9.17) is 0 Å². The summed E-state index contributed by atoms with van der Waals surface area (Å²) in [4.78, 5) is 35.7. The van der Waals surface area contributed by atoms with Crippen LogP contribution in [0.5, 0.6) is 0 Å². The molecule has 0 aromatic carbocycles. The van der Waals surface area contributed by atoms with Crippen LogP contribution in [0.15, 0.2) is 23.3 Å². The highest BCUT2D eigenvalue weighted by Crippen LogP contribution is 2.67. The maximum Gasteiger partial charge on any atom is 0.336 e. The SMILES string of the molecule is CC1=C[C@@H]2C([C@@H](O)C[C@@]3(C)[C@H]2CC[C@]3(O)C(=O)O)[C@@]2(C)CC(C=O)C(=O)C=C12. The van der Waals surface area contributed by atoms with E-state index in [0.717, 1.165) is 11.1 Å². The third kappa shape index (κ3) is 2.19. The van der Waals surface area contributed by atoms with Crippen LogP contribution in [0.3, 0.4) is 0 Å². The predicted molar refractivity (Wildman–Crippen MR) is 100 cm³/mol. The fraction of sp³-hybridized carbons (Fsp3) is 0.682. The summed E-state index contributed by atoms with van der Waals surface area (Å²) in [6, 6.07) is 0. The topological polar surface area (TPSA) is 112 Å². The first-order valence-electron chi connectivity index (χ1n) is 10.0. The third-order valence-corrected chi connectivity index (χ3v) is 8.54. The first kappa shape index (κ1) is 19.5. The molecule has 0 radical (unpaired) electrons. The van der Waals surface area contributed by atoms with Gasteiger partial charge in [-0.3, -0.25) is 4.79 Å². The predicted octanol–water partition coefficient (Wildman–Crippen LogP) is 1.90. The lowest BCUT2D eigenvalue weighted by atomic mass is 9.45. The molecule has 3 N–H and O–H groups in total. The van der Waals surface area contributed by atoms with Gasteiger partial charge in [0.1, 0.15) is 6.29 Å². The molecule has 6 heteroatoms. The second-order valence-corrected chi connectivity index (χ2v) is 9.78. The van der Waals surface area contributed by atoms with E-state index in [1.165, 1.54) is 0 Å². The van der Waals surface area contributed by atoms with Gasteiger partial charge in [-0.25, -0.2) is 4.79 Å². The van der Waals surface area contributed by atoms with Crippen molar-refractivity contribution in [2.24, 2.45) is 34.5 Å². The number of carbonyl (C=O) groups excluding carboxylic acids is 2. The first-order valence-corrected chi connectivity index (χ1v) is 10.0. The third-order valence-electron chi connectivity index (χ3n) is 8.54. The average Bonchev–Trinajstić information content (AvgIpc) is 2.88.